The molecule has 142 valence electrons. The highest BCUT2D eigenvalue weighted by molar-refractivity contribution is 5.79. The van der Waals surface area contributed by atoms with E-state index in [1.807, 2.05) is 39.0 Å². The molecule has 1 aliphatic rings. The van der Waals surface area contributed by atoms with E-state index < -0.39 is 17.6 Å². The molecule has 0 bridgehead atoms. The van der Waals surface area contributed by atoms with Gasteiger partial charge in [0.2, 0.25) is 0 Å². The largest absolute Gasteiger partial charge is 0.465 e. The second-order valence-electron chi connectivity index (χ2n) is 7.61. The smallest absolute Gasteiger partial charge is 0.407 e. The number of hydrogen-bond donors (Lipinski definition) is 2. The molecule has 1 saturated heterocycles. The van der Waals surface area contributed by atoms with Crippen LogP contribution in [0.1, 0.15) is 38.3 Å². The van der Waals surface area contributed by atoms with Gasteiger partial charge in [0.25, 0.3) is 0 Å². The minimum atomic E-state index is -0.961. The fraction of sp³-hybridized carbons (Fsp3) is 0.526. The van der Waals surface area contributed by atoms with E-state index in [4.69, 9.17) is 9.94 Å². The van der Waals surface area contributed by atoms with Gasteiger partial charge in [0.15, 0.2) is 0 Å². The predicted octanol–water partition coefficient (Wildman–Crippen LogP) is 3.00. The maximum absolute atomic E-state index is 12.8. The van der Waals surface area contributed by atoms with Crippen LogP contribution >= 0.6 is 0 Å². The molecule has 1 aromatic rings. The molecule has 2 atom stereocenters. The van der Waals surface area contributed by atoms with Gasteiger partial charge in [-0.1, -0.05) is 29.4 Å². The lowest BCUT2D eigenvalue weighted by molar-refractivity contribution is -0.161. The van der Waals surface area contributed by atoms with Gasteiger partial charge >= 0.3 is 12.1 Å². The molecule has 7 nitrogen and oxygen atoms in total. The fourth-order valence-corrected chi connectivity index (χ4v) is 3.23. The summed E-state index contributed by atoms with van der Waals surface area (Å²) < 4.78 is 5.59. The number of amides is 1. The zero-order valence-corrected chi connectivity index (χ0v) is 15.4. The van der Waals surface area contributed by atoms with Crippen LogP contribution in [0.3, 0.4) is 0 Å². The summed E-state index contributed by atoms with van der Waals surface area (Å²) in [6.07, 6.45) is 1.44. The van der Waals surface area contributed by atoms with Gasteiger partial charge in [-0.25, -0.2) is 4.79 Å². The molecule has 0 unspecified atom stereocenters. The van der Waals surface area contributed by atoms with Gasteiger partial charge < -0.3 is 20.0 Å². The quantitative estimate of drug-likeness (QED) is 0.363. The van der Waals surface area contributed by atoms with E-state index in [2.05, 4.69) is 5.16 Å². The number of ether oxygens (including phenoxy) is 1. The molecule has 1 fully saturated rings. The molecular formula is C19H26N2O5. The van der Waals surface area contributed by atoms with Gasteiger partial charge in [-0.3, -0.25) is 4.79 Å². The van der Waals surface area contributed by atoms with Crippen LogP contribution < -0.4 is 0 Å². The van der Waals surface area contributed by atoms with Crippen molar-refractivity contribution < 1.29 is 24.6 Å². The lowest BCUT2D eigenvalue weighted by Gasteiger charge is -2.27. The van der Waals surface area contributed by atoms with Crippen molar-refractivity contribution >= 4 is 18.3 Å². The zero-order valence-electron chi connectivity index (χ0n) is 15.4. The van der Waals surface area contributed by atoms with Gasteiger partial charge in [0.05, 0.1) is 12.1 Å². The Balaban J connectivity index is 2.21. The van der Waals surface area contributed by atoms with Gasteiger partial charge in [0, 0.05) is 13.1 Å². The van der Waals surface area contributed by atoms with Crippen molar-refractivity contribution in [1.82, 2.24) is 4.90 Å². The standard InChI is InChI=1S/C19H26N2O5/c1-19(2,3)26-17(22)16(15-7-8-21(12-15)18(23)24)10-13-5-4-6-14(9-13)11-20-25/h4-6,9,11,15-16,25H,7-8,10,12H2,1-3H3,(H,23,24)/t15-,16-/m0/s1. The molecule has 7 heteroatoms. The van der Waals surface area contributed by atoms with Gasteiger partial charge in [-0.15, -0.1) is 0 Å². The summed E-state index contributed by atoms with van der Waals surface area (Å²) in [7, 11) is 0. The summed E-state index contributed by atoms with van der Waals surface area (Å²) in [5.74, 6) is -0.827. The molecule has 0 radical (unpaired) electrons. The van der Waals surface area contributed by atoms with Crippen molar-refractivity contribution in [2.75, 3.05) is 13.1 Å². The third kappa shape index (κ3) is 5.47. The molecule has 26 heavy (non-hydrogen) atoms. The molecule has 1 aliphatic heterocycles. The van der Waals surface area contributed by atoms with Crippen LogP contribution in [0.25, 0.3) is 0 Å². The number of carbonyl (C=O) groups is 2. The highest BCUT2D eigenvalue weighted by Crippen LogP contribution is 2.30. The Bertz CT molecular complexity index is 681. The van der Waals surface area contributed by atoms with E-state index in [1.165, 1.54) is 11.1 Å². The summed E-state index contributed by atoms with van der Waals surface area (Å²) in [5, 5.41) is 20.9. The lowest BCUT2D eigenvalue weighted by Crippen LogP contribution is -2.35. The van der Waals surface area contributed by atoms with Crippen LogP contribution in [0, 0.1) is 11.8 Å². The van der Waals surface area contributed by atoms with Crippen LogP contribution in [0.4, 0.5) is 4.79 Å². The summed E-state index contributed by atoms with van der Waals surface area (Å²) in [6.45, 7) is 6.21. The van der Waals surface area contributed by atoms with E-state index in [1.54, 1.807) is 6.07 Å². The van der Waals surface area contributed by atoms with Crippen molar-refractivity contribution in [3.63, 3.8) is 0 Å². The number of hydrogen-bond acceptors (Lipinski definition) is 5. The number of esters is 1. The van der Waals surface area contributed by atoms with Crippen LogP contribution in [-0.4, -0.2) is 52.2 Å². The highest BCUT2D eigenvalue weighted by atomic mass is 16.6. The minimum absolute atomic E-state index is 0.0869. The second-order valence-corrected chi connectivity index (χ2v) is 7.61. The maximum Gasteiger partial charge on any atom is 0.407 e. The molecule has 0 saturated carbocycles. The lowest BCUT2D eigenvalue weighted by atomic mass is 9.85. The van der Waals surface area contributed by atoms with E-state index in [0.717, 1.165) is 11.1 Å². The summed E-state index contributed by atoms with van der Waals surface area (Å²) in [4.78, 5) is 25.3. The molecule has 0 aliphatic carbocycles. The van der Waals surface area contributed by atoms with Gasteiger partial charge in [-0.2, -0.15) is 0 Å². The first-order chi connectivity index (χ1) is 12.2. The fourth-order valence-electron chi connectivity index (χ4n) is 3.23. The monoisotopic (exact) mass is 362 g/mol. The third-order valence-corrected chi connectivity index (χ3v) is 4.39. The Morgan fingerprint density at radius 2 is 2.15 bits per heavy atom. The molecule has 1 heterocycles. The Kier molecular flexibility index (Phi) is 6.23. The summed E-state index contributed by atoms with van der Waals surface area (Å²) >= 11 is 0. The van der Waals surface area contributed by atoms with Crippen LogP contribution in [0.5, 0.6) is 0 Å². The molecular weight excluding hydrogens is 336 g/mol. The molecule has 1 amide bonds. The van der Waals surface area contributed by atoms with E-state index in [0.29, 0.717) is 25.9 Å². The Labute approximate surface area is 153 Å². The Morgan fingerprint density at radius 3 is 2.73 bits per heavy atom. The molecule has 2 N–H and O–H groups in total. The van der Waals surface area contributed by atoms with Crippen molar-refractivity contribution in [1.29, 1.82) is 0 Å². The normalized spacial score (nSPS) is 18.9. The average molecular weight is 362 g/mol. The minimum Gasteiger partial charge on any atom is -0.465 e. The topological polar surface area (TPSA) is 99.4 Å². The SMILES string of the molecule is CC(C)(C)OC(=O)[C@@H](Cc1cccc(C=NO)c1)[C@H]1CCN(C(=O)O)C1. The van der Waals surface area contributed by atoms with Crippen molar-refractivity contribution in [2.24, 2.45) is 17.0 Å². The first kappa shape index (κ1) is 19.8. The molecule has 0 aromatic heterocycles. The van der Waals surface area contributed by atoms with E-state index >= 15 is 0 Å². The molecule has 0 spiro atoms. The number of carbonyl (C=O) groups excluding carboxylic acids is 1. The van der Waals surface area contributed by atoms with Crippen molar-refractivity contribution in [3.8, 4) is 0 Å². The highest BCUT2D eigenvalue weighted by Gasteiger charge is 2.37. The average Bonchev–Trinajstić information content (AvgIpc) is 3.01. The van der Waals surface area contributed by atoms with E-state index in [9.17, 15) is 14.7 Å². The van der Waals surface area contributed by atoms with Crippen molar-refractivity contribution in [2.45, 2.75) is 39.2 Å². The van der Waals surface area contributed by atoms with Gasteiger partial charge in [0.1, 0.15) is 5.60 Å². The molecule has 2 rings (SSSR count). The zero-order chi connectivity index (χ0) is 19.3. The number of likely N-dealkylation sites (tertiary alicyclic amines) is 1. The van der Waals surface area contributed by atoms with E-state index in [-0.39, 0.29) is 11.9 Å². The van der Waals surface area contributed by atoms with Gasteiger partial charge in [-0.05, 0) is 50.7 Å². The second kappa shape index (κ2) is 8.21. The number of oxime groups is 1. The number of benzene rings is 1. The maximum atomic E-state index is 12.8. The summed E-state index contributed by atoms with van der Waals surface area (Å²) in [6, 6.07) is 7.38. The first-order valence-electron chi connectivity index (χ1n) is 8.66. The summed E-state index contributed by atoms with van der Waals surface area (Å²) in [5.41, 5.74) is 1.03. The number of nitrogens with zero attached hydrogens (tertiary/aromatic N) is 2. The van der Waals surface area contributed by atoms with Crippen LogP contribution in [0.2, 0.25) is 0 Å². The predicted molar refractivity (Wildman–Crippen MR) is 96.6 cm³/mol. The molecule has 1 aromatic carbocycles. The third-order valence-electron chi connectivity index (χ3n) is 4.39. The number of rotatable bonds is 5. The Morgan fingerprint density at radius 1 is 1.42 bits per heavy atom. The first-order valence-corrected chi connectivity index (χ1v) is 8.66. The van der Waals surface area contributed by atoms with Crippen LogP contribution in [-0.2, 0) is 16.0 Å². The number of carboxylic acid groups (broad SMARTS) is 1. The van der Waals surface area contributed by atoms with Crippen LogP contribution in [0.15, 0.2) is 29.4 Å². The van der Waals surface area contributed by atoms with Crippen molar-refractivity contribution in [3.05, 3.63) is 35.4 Å². The Hall–Kier alpha value is -2.57.